The molecule has 5 nitrogen and oxygen atoms in total. The van der Waals surface area contributed by atoms with Crippen LogP contribution in [0.5, 0.6) is 0 Å². The Labute approximate surface area is 138 Å². The molecule has 116 valence electrons. The van der Waals surface area contributed by atoms with Crippen molar-refractivity contribution in [2.24, 2.45) is 10.2 Å². The van der Waals surface area contributed by atoms with E-state index in [4.69, 9.17) is 0 Å². The van der Waals surface area contributed by atoms with Gasteiger partial charge in [0.25, 0.3) is 5.91 Å². The van der Waals surface area contributed by atoms with E-state index in [0.29, 0.717) is 11.3 Å². The molecule has 1 aromatic carbocycles. The van der Waals surface area contributed by atoms with Crippen LogP contribution < -0.4 is 0 Å². The van der Waals surface area contributed by atoms with Crippen LogP contribution in [0.4, 0.5) is 5.69 Å². The van der Waals surface area contributed by atoms with E-state index in [1.807, 2.05) is 49.5 Å². The molecular formula is C19H14N4O. The summed E-state index contributed by atoms with van der Waals surface area (Å²) in [5, 5.41) is 9.02. The zero-order valence-electron chi connectivity index (χ0n) is 13.0. The molecule has 0 bridgehead atoms. The van der Waals surface area contributed by atoms with Gasteiger partial charge < -0.3 is 4.98 Å². The fourth-order valence-corrected chi connectivity index (χ4v) is 2.73. The topological polar surface area (TPSA) is 70.5 Å². The van der Waals surface area contributed by atoms with Crippen LogP contribution in [0.15, 0.2) is 71.2 Å². The van der Waals surface area contributed by atoms with Crippen LogP contribution in [0.3, 0.4) is 0 Å². The van der Waals surface area contributed by atoms with E-state index >= 15 is 0 Å². The summed E-state index contributed by atoms with van der Waals surface area (Å²) >= 11 is 0. The average molecular weight is 314 g/mol. The Balaban J connectivity index is 1.78. The molecule has 2 heterocycles. The highest BCUT2D eigenvalue weighted by Crippen LogP contribution is 2.42. The van der Waals surface area contributed by atoms with Gasteiger partial charge in [-0.1, -0.05) is 17.7 Å². The highest BCUT2D eigenvalue weighted by Gasteiger charge is 2.18. The number of fused-ring (bicyclic) bond motifs is 3. The lowest BCUT2D eigenvalue weighted by atomic mass is 10.1. The van der Waals surface area contributed by atoms with Gasteiger partial charge in [-0.25, -0.2) is 0 Å². The molecule has 0 unspecified atom stereocenters. The Hall–Kier alpha value is -3.34. The SMILES string of the molecule is Cc1ccc(C(=O)N=Nc2c3ccc[nH]c-3c3ncccc23)cc1. The van der Waals surface area contributed by atoms with Crippen molar-refractivity contribution in [3.63, 3.8) is 0 Å². The van der Waals surface area contributed by atoms with Gasteiger partial charge in [0.05, 0.1) is 11.2 Å². The third kappa shape index (κ3) is 2.36. The number of nitrogens with one attached hydrogen (secondary N) is 1. The first-order valence-electron chi connectivity index (χ1n) is 7.60. The van der Waals surface area contributed by atoms with E-state index in [0.717, 1.165) is 27.7 Å². The first-order valence-corrected chi connectivity index (χ1v) is 7.60. The summed E-state index contributed by atoms with van der Waals surface area (Å²) in [4.78, 5) is 19.8. The molecule has 5 heteroatoms. The molecule has 1 amide bonds. The van der Waals surface area contributed by atoms with Crippen molar-refractivity contribution in [1.29, 1.82) is 0 Å². The zero-order valence-corrected chi connectivity index (χ0v) is 13.0. The van der Waals surface area contributed by atoms with Crippen LogP contribution in [-0.4, -0.2) is 15.9 Å². The number of aromatic nitrogens is 2. The molecule has 0 radical (unpaired) electrons. The molecule has 1 N–H and O–H groups in total. The number of hydrogen-bond acceptors (Lipinski definition) is 3. The second-order valence-corrected chi connectivity index (χ2v) is 5.58. The highest BCUT2D eigenvalue weighted by atomic mass is 16.1. The van der Waals surface area contributed by atoms with Crippen molar-refractivity contribution in [3.05, 3.63) is 72.1 Å². The van der Waals surface area contributed by atoms with Crippen LogP contribution >= 0.6 is 0 Å². The fraction of sp³-hybridized carbons (Fsp3) is 0.0526. The lowest BCUT2D eigenvalue weighted by Crippen LogP contribution is -1.93. The lowest BCUT2D eigenvalue weighted by molar-refractivity contribution is 0.0995. The van der Waals surface area contributed by atoms with Gasteiger partial charge in [0, 0.05) is 28.9 Å². The van der Waals surface area contributed by atoms with Gasteiger partial charge in [0.2, 0.25) is 0 Å². The molecule has 0 saturated heterocycles. The van der Waals surface area contributed by atoms with Crippen molar-refractivity contribution in [2.45, 2.75) is 6.92 Å². The number of aromatic amines is 1. The van der Waals surface area contributed by atoms with Crippen molar-refractivity contribution >= 4 is 22.5 Å². The third-order valence-electron chi connectivity index (χ3n) is 3.95. The summed E-state index contributed by atoms with van der Waals surface area (Å²) in [6.07, 6.45) is 3.58. The van der Waals surface area contributed by atoms with E-state index < -0.39 is 0 Å². The molecule has 0 fully saturated rings. The molecule has 1 aromatic heterocycles. The number of nitrogens with zero attached hydrogens (tertiary/aromatic N) is 3. The van der Waals surface area contributed by atoms with Crippen LogP contribution in [0.25, 0.3) is 22.2 Å². The van der Waals surface area contributed by atoms with Crippen molar-refractivity contribution in [1.82, 2.24) is 9.97 Å². The number of carbonyl (C=O) groups excluding carboxylic acids is 1. The number of amides is 1. The van der Waals surface area contributed by atoms with Gasteiger partial charge in [-0.15, -0.1) is 10.2 Å². The lowest BCUT2D eigenvalue weighted by Gasteiger charge is -1.99. The number of pyridine rings is 2. The summed E-state index contributed by atoms with van der Waals surface area (Å²) in [6.45, 7) is 1.97. The van der Waals surface area contributed by atoms with Gasteiger partial charge in [0.1, 0.15) is 5.69 Å². The van der Waals surface area contributed by atoms with Crippen LogP contribution in [0.1, 0.15) is 15.9 Å². The summed E-state index contributed by atoms with van der Waals surface area (Å²) in [5.41, 5.74) is 4.89. The number of benzene rings is 1. The molecule has 1 aliphatic heterocycles. The number of carbonyl (C=O) groups is 1. The summed E-state index contributed by atoms with van der Waals surface area (Å²) in [7, 11) is 0. The average Bonchev–Trinajstić information content (AvgIpc) is 2.94. The Kier molecular flexibility index (Phi) is 3.39. The summed E-state index contributed by atoms with van der Waals surface area (Å²) in [5.74, 6) is -0.360. The molecule has 1 aliphatic carbocycles. The van der Waals surface area contributed by atoms with E-state index in [1.54, 1.807) is 18.3 Å². The van der Waals surface area contributed by atoms with E-state index in [1.165, 1.54) is 0 Å². The number of H-pyrrole nitrogens is 1. The van der Waals surface area contributed by atoms with Gasteiger partial charge in [-0.05, 0) is 43.3 Å². The Morgan fingerprint density at radius 3 is 2.75 bits per heavy atom. The second-order valence-electron chi connectivity index (χ2n) is 5.58. The largest absolute Gasteiger partial charge is 0.359 e. The Morgan fingerprint density at radius 2 is 1.92 bits per heavy atom. The first-order chi connectivity index (χ1) is 11.7. The van der Waals surface area contributed by atoms with Gasteiger partial charge >= 0.3 is 0 Å². The quantitative estimate of drug-likeness (QED) is 0.534. The standard InChI is InChI=1S/C19H14N4O/c1-12-6-8-13(9-7-12)19(24)23-22-16-14-4-2-10-20-17(14)18-15(16)5-3-11-21-18/h2-11,20H,1H3. The molecule has 2 aromatic rings. The number of hydrogen-bond donors (Lipinski definition) is 1. The minimum Gasteiger partial charge on any atom is -0.359 e. The van der Waals surface area contributed by atoms with E-state index in [-0.39, 0.29) is 5.91 Å². The van der Waals surface area contributed by atoms with Crippen molar-refractivity contribution in [2.75, 3.05) is 0 Å². The normalized spacial score (nSPS) is 11.5. The maximum Gasteiger partial charge on any atom is 0.295 e. The van der Waals surface area contributed by atoms with Crippen molar-refractivity contribution < 1.29 is 4.79 Å². The first kappa shape index (κ1) is 14.3. The fourth-order valence-electron chi connectivity index (χ4n) is 2.73. The summed E-state index contributed by atoms with van der Waals surface area (Å²) < 4.78 is 0. The minimum atomic E-state index is -0.360. The maximum atomic E-state index is 12.2. The van der Waals surface area contributed by atoms with E-state index in [9.17, 15) is 4.79 Å². The molecule has 0 saturated carbocycles. The number of azo groups is 1. The van der Waals surface area contributed by atoms with E-state index in [2.05, 4.69) is 20.2 Å². The maximum absolute atomic E-state index is 12.2. The van der Waals surface area contributed by atoms with Gasteiger partial charge in [0.15, 0.2) is 0 Å². The molecule has 0 atom stereocenters. The number of aryl methyl sites for hydroxylation is 1. The number of rotatable bonds is 2. The molecule has 24 heavy (non-hydrogen) atoms. The predicted molar refractivity (Wildman–Crippen MR) is 92.7 cm³/mol. The molecular weight excluding hydrogens is 300 g/mol. The minimum absolute atomic E-state index is 0.360. The highest BCUT2D eigenvalue weighted by molar-refractivity contribution is 6.09. The van der Waals surface area contributed by atoms with Gasteiger partial charge in [-0.2, -0.15) is 0 Å². The smallest absolute Gasteiger partial charge is 0.295 e. The second kappa shape index (κ2) is 5.70. The zero-order chi connectivity index (χ0) is 16.5. The molecule has 0 spiro atoms. The molecule has 2 aliphatic rings. The predicted octanol–water partition coefficient (Wildman–Crippen LogP) is 4.90. The van der Waals surface area contributed by atoms with Crippen LogP contribution in [-0.2, 0) is 0 Å². The molecule has 4 rings (SSSR count). The Bertz CT molecular complexity index is 1030. The monoisotopic (exact) mass is 314 g/mol. The Morgan fingerprint density at radius 1 is 1.08 bits per heavy atom. The van der Waals surface area contributed by atoms with Crippen molar-refractivity contribution in [3.8, 4) is 11.3 Å². The third-order valence-corrected chi connectivity index (χ3v) is 3.95. The van der Waals surface area contributed by atoms with Gasteiger partial charge in [-0.3, -0.25) is 9.78 Å². The van der Waals surface area contributed by atoms with Crippen LogP contribution in [0.2, 0.25) is 0 Å². The van der Waals surface area contributed by atoms with Crippen LogP contribution in [0, 0.1) is 6.92 Å². The summed E-state index contributed by atoms with van der Waals surface area (Å²) in [6, 6.07) is 14.9.